The Kier molecular flexibility index (Phi) is 5.22. The second kappa shape index (κ2) is 7.68. The number of halogens is 4. The molecule has 152 valence electrons. The normalized spacial score (nSPS) is 16.4. The van der Waals surface area contributed by atoms with Crippen LogP contribution in [0.25, 0.3) is 0 Å². The summed E-state index contributed by atoms with van der Waals surface area (Å²) in [5.41, 5.74) is 1.86. The van der Waals surface area contributed by atoms with Crippen LogP contribution >= 0.6 is 11.8 Å². The van der Waals surface area contributed by atoms with Crippen LogP contribution in [0.1, 0.15) is 28.8 Å². The van der Waals surface area contributed by atoms with Gasteiger partial charge in [-0.1, -0.05) is 42.1 Å². The van der Waals surface area contributed by atoms with Gasteiger partial charge in [0, 0.05) is 29.5 Å². The third-order valence-corrected chi connectivity index (χ3v) is 5.41. The third-order valence-electron chi connectivity index (χ3n) is 4.34. The van der Waals surface area contributed by atoms with E-state index in [-0.39, 0.29) is 17.5 Å². The van der Waals surface area contributed by atoms with Gasteiger partial charge in [0.2, 0.25) is 12.1 Å². The molecule has 10 heteroatoms. The Hall–Kier alpha value is -2.59. The van der Waals surface area contributed by atoms with E-state index < -0.39 is 24.1 Å². The molecule has 3 aromatic rings. The highest BCUT2D eigenvalue weighted by molar-refractivity contribution is 7.98. The van der Waals surface area contributed by atoms with Gasteiger partial charge in [-0.05, 0) is 12.1 Å². The molecule has 1 unspecified atom stereocenters. The lowest BCUT2D eigenvalue weighted by Gasteiger charge is -2.28. The molecule has 0 fully saturated rings. The number of benzene rings is 2. The second-order valence-electron chi connectivity index (χ2n) is 6.38. The number of ether oxygens (including phenoxy) is 2. The van der Waals surface area contributed by atoms with E-state index in [0.29, 0.717) is 16.9 Å². The molecule has 0 spiro atoms. The number of rotatable bonds is 4. The van der Waals surface area contributed by atoms with Gasteiger partial charge < -0.3 is 14.0 Å². The topological polar surface area (TPSA) is 49.2 Å². The van der Waals surface area contributed by atoms with Crippen LogP contribution in [0.2, 0.25) is 0 Å². The van der Waals surface area contributed by atoms with Gasteiger partial charge in [-0.3, -0.25) is 0 Å². The SMILES string of the molecule is Cn1c(SCc2cc(F)cc3c2OC(c2ccccc2)OC3)nnc1C(F)(F)F. The molecule has 1 aromatic heterocycles. The van der Waals surface area contributed by atoms with E-state index in [4.69, 9.17) is 9.47 Å². The van der Waals surface area contributed by atoms with Crippen LogP contribution in [-0.4, -0.2) is 14.8 Å². The molecule has 0 radical (unpaired) electrons. The van der Waals surface area contributed by atoms with Crippen molar-refractivity contribution in [3.05, 3.63) is 70.8 Å². The molecule has 0 saturated carbocycles. The number of alkyl halides is 3. The summed E-state index contributed by atoms with van der Waals surface area (Å²) in [6.45, 7) is 0.159. The summed E-state index contributed by atoms with van der Waals surface area (Å²) in [6.07, 6.45) is -5.24. The van der Waals surface area contributed by atoms with Crippen LogP contribution in [0.4, 0.5) is 17.6 Å². The molecule has 1 aliphatic rings. The van der Waals surface area contributed by atoms with Crippen molar-refractivity contribution in [2.24, 2.45) is 7.05 Å². The van der Waals surface area contributed by atoms with E-state index in [1.54, 1.807) is 0 Å². The van der Waals surface area contributed by atoms with E-state index in [9.17, 15) is 17.6 Å². The largest absolute Gasteiger partial charge is 0.460 e. The van der Waals surface area contributed by atoms with E-state index in [0.717, 1.165) is 21.9 Å². The average molecular weight is 425 g/mol. The fraction of sp³-hybridized carbons (Fsp3) is 0.263. The first kappa shape index (κ1) is 19.7. The Labute approximate surface area is 167 Å². The maximum absolute atomic E-state index is 14.0. The van der Waals surface area contributed by atoms with Crippen molar-refractivity contribution in [2.45, 2.75) is 30.0 Å². The second-order valence-corrected chi connectivity index (χ2v) is 7.32. The van der Waals surface area contributed by atoms with Crippen LogP contribution in [-0.2, 0) is 30.3 Å². The van der Waals surface area contributed by atoms with Gasteiger partial charge in [0.05, 0.1) is 6.61 Å². The molecule has 1 aliphatic heterocycles. The van der Waals surface area contributed by atoms with Crippen molar-refractivity contribution < 1.29 is 27.0 Å². The van der Waals surface area contributed by atoms with Crippen molar-refractivity contribution in [3.8, 4) is 5.75 Å². The Morgan fingerprint density at radius 2 is 1.93 bits per heavy atom. The number of aromatic nitrogens is 3. The lowest BCUT2D eigenvalue weighted by molar-refractivity contribution is -0.147. The lowest BCUT2D eigenvalue weighted by Crippen LogP contribution is -2.19. The van der Waals surface area contributed by atoms with Crippen molar-refractivity contribution in [1.29, 1.82) is 0 Å². The van der Waals surface area contributed by atoms with Crippen molar-refractivity contribution >= 4 is 11.8 Å². The summed E-state index contributed by atoms with van der Waals surface area (Å²) in [5.74, 6) is -0.934. The summed E-state index contributed by atoms with van der Waals surface area (Å²) in [4.78, 5) is 0. The average Bonchev–Trinajstić information content (AvgIpc) is 3.07. The molecule has 4 rings (SSSR count). The van der Waals surface area contributed by atoms with Crippen LogP contribution < -0.4 is 4.74 Å². The Morgan fingerprint density at radius 3 is 2.62 bits per heavy atom. The summed E-state index contributed by atoms with van der Waals surface area (Å²) in [5, 5.41) is 6.86. The third kappa shape index (κ3) is 4.08. The molecule has 0 bridgehead atoms. The number of nitrogens with zero attached hydrogens (tertiary/aromatic N) is 3. The Bertz CT molecular complexity index is 1020. The maximum atomic E-state index is 14.0. The molecule has 0 saturated heterocycles. The van der Waals surface area contributed by atoms with Gasteiger partial charge in [0.15, 0.2) is 5.16 Å². The molecule has 5 nitrogen and oxygen atoms in total. The summed E-state index contributed by atoms with van der Waals surface area (Å²) >= 11 is 1.02. The summed E-state index contributed by atoms with van der Waals surface area (Å²) in [7, 11) is 1.24. The van der Waals surface area contributed by atoms with Crippen LogP contribution in [0.3, 0.4) is 0 Å². The molecule has 29 heavy (non-hydrogen) atoms. The van der Waals surface area contributed by atoms with Gasteiger partial charge in [0.25, 0.3) is 0 Å². The predicted octanol–water partition coefficient (Wildman–Crippen LogP) is 4.87. The molecular formula is C19H15F4N3O2S. The molecule has 2 heterocycles. The van der Waals surface area contributed by atoms with E-state index in [1.165, 1.54) is 19.2 Å². The zero-order valence-corrected chi connectivity index (χ0v) is 15.9. The molecule has 0 N–H and O–H groups in total. The van der Waals surface area contributed by atoms with Gasteiger partial charge >= 0.3 is 6.18 Å². The van der Waals surface area contributed by atoms with Gasteiger partial charge in [-0.2, -0.15) is 13.2 Å². The maximum Gasteiger partial charge on any atom is 0.451 e. The van der Waals surface area contributed by atoms with Gasteiger partial charge in [-0.15, -0.1) is 10.2 Å². The standard InChI is InChI=1S/C19H15F4N3O2S/c1-26-17(19(21,22)23)24-25-18(26)29-10-13-8-14(20)7-12-9-27-16(28-15(12)13)11-5-3-2-4-6-11/h2-8,16H,9-10H2,1H3. The minimum atomic E-state index is -4.60. The molecule has 0 aliphatic carbocycles. The van der Waals surface area contributed by atoms with E-state index >= 15 is 0 Å². The first-order valence-electron chi connectivity index (χ1n) is 8.57. The van der Waals surface area contributed by atoms with Crippen LogP contribution in [0.5, 0.6) is 5.75 Å². The monoisotopic (exact) mass is 425 g/mol. The quantitative estimate of drug-likeness (QED) is 0.441. The van der Waals surface area contributed by atoms with Crippen molar-refractivity contribution in [2.75, 3.05) is 0 Å². The van der Waals surface area contributed by atoms with Gasteiger partial charge in [0.1, 0.15) is 11.6 Å². The smallest absolute Gasteiger partial charge is 0.451 e. The van der Waals surface area contributed by atoms with E-state index in [1.807, 2.05) is 30.3 Å². The predicted molar refractivity (Wildman–Crippen MR) is 96.6 cm³/mol. The fourth-order valence-electron chi connectivity index (χ4n) is 2.99. The minimum absolute atomic E-state index is 0.0713. The highest BCUT2D eigenvalue weighted by Gasteiger charge is 2.37. The number of fused-ring (bicyclic) bond motifs is 1. The zero-order chi connectivity index (χ0) is 20.6. The Balaban J connectivity index is 1.58. The molecule has 2 aromatic carbocycles. The van der Waals surface area contributed by atoms with Crippen LogP contribution in [0.15, 0.2) is 47.6 Å². The highest BCUT2D eigenvalue weighted by Crippen LogP contribution is 2.39. The zero-order valence-electron chi connectivity index (χ0n) is 15.1. The molecule has 1 atom stereocenters. The molecule has 0 amide bonds. The number of hydrogen-bond acceptors (Lipinski definition) is 5. The van der Waals surface area contributed by atoms with Crippen molar-refractivity contribution in [3.63, 3.8) is 0 Å². The summed E-state index contributed by atoms with van der Waals surface area (Å²) < 4.78 is 65.2. The van der Waals surface area contributed by atoms with E-state index in [2.05, 4.69) is 10.2 Å². The Morgan fingerprint density at radius 1 is 1.17 bits per heavy atom. The van der Waals surface area contributed by atoms with Crippen LogP contribution in [0, 0.1) is 5.82 Å². The highest BCUT2D eigenvalue weighted by atomic mass is 32.2. The molecular weight excluding hydrogens is 410 g/mol. The summed E-state index contributed by atoms with van der Waals surface area (Å²) in [6, 6.07) is 11.9. The first-order chi connectivity index (χ1) is 13.8. The lowest BCUT2D eigenvalue weighted by atomic mass is 10.1. The number of hydrogen-bond donors (Lipinski definition) is 0. The van der Waals surface area contributed by atoms with Gasteiger partial charge in [-0.25, -0.2) is 4.39 Å². The first-order valence-corrected chi connectivity index (χ1v) is 9.55. The van der Waals surface area contributed by atoms with Crippen molar-refractivity contribution in [1.82, 2.24) is 14.8 Å². The minimum Gasteiger partial charge on any atom is -0.460 e. The fourth-order valence-corrected chi connectivity index (χ4v) is 3.87. The number of thioether (sulfide) groups is 1.